The van der Waals surface area contributed by atoms with Gasteiger partial charge in [0.15, 0.2) is 5.78 Å². The molecule has 0 aromatic heterocycles. The van der Waals surface area contributed by atoms with Gasteiger partial charge in [-0.3, -0.25) is 4.79 Å². The standard InChI is InChI=1S/C12H9FO2/c13-11-6-5-10(12(15)7-14)8-3-1-2-4-9(8)11/h1-6,14H,7H2. The molecule has 0 saturated heterocycles. The van der Waals surface area contributed by atoms with Gasteiger partial charge in [-0.1, -0.05) is 24.3 Å². The van der Waals surface area contributed by atoms with Crippen molar-refractivity contribution in [1.82, 2.24) is 0 Å². The average Bonchev–Trinajstić information content (AvgIpc) is 2.29. The fourth-order valence-corrected chi connectivity index (χ4v) is 1.59. The van der Waals surface area contributed by atoms with Crippen LogP contribution in [0.15, 0.2) is 36.4 Å². The van der Waals surface area contributed by atoms with Crippen LogP contribution in [0.5, 0.6) is 0 Å². The van der Waals surface area contributed by atoms with Crippen LogP contribution in [0.4, 0.5) is 4.39 Å². The summed E-state index contributed by atoms with van der Waals surface area (Å²) in [4.78, 5) is 11.4. The Morgan fingerprint density at radius 3 is 2.47 bits per heavy atom. The van der Waals surface area contributed by atoms with E-state index in [0.29, 0.717) is 16.3 Å². The molecule has 0 radical (unpaired) electrons. The lowest BCUT2D eigenvalue weighted by Gasteiger charge is -2.04. The molecule has 0 amide bonds. The highest BCUT2D eigenvalue weighted by atomic mass is 19.1. The molecule has 3 heteroatoms. The molecule has 0 aliphatic heterocycles. The molecule has 2 rings (SSSR count). The third-order valence-electron chi connectivity index (χ3n) is 2.31. The van der Waals surface area contributed by atoms with Crippen molar-refractivity contribution >= 4 is 16.6 Å². The second kappa shape index (κ2) is 3.79. The number of hydrogen-bond acceptors (Lipinski definition) is 2. The molecule has 76 valence electrons. The van der Waals surface area contributed by atoms with Gasteiger partial charge < -0.3 is 5.11 Å². The Hall–Kier alpha value is -1.74. The lowest BCUT2D eigenvalue weighted by atomic mass is 10.0. The fourth-order valence-electron chi connectivity index (χ4n) is 1.59. The zero-order valence-corrected chi connectivity index (χ0v) is 7.90. The molecule has 0 unspecified atom stereocenters. The van der Waals surface area contributed by atoms with E-state index in [1.165, 1.54) is 12.1 Å². The van der Waals surface area contributed by atoms with Crippen molar-refractivity contribution in [3.8, 4) is 0 Å². The zero-order chi connectivity index (χ0) is 10.8. The molecule has 2 aromatic rings. The summed E-state index contributed by atoms with van der Waals surface area (Å²) in [6.07, 6.45) is 0. The van der Waals surface area contributed by atoms with Crippen molar-refractivity contribution in [3.05, 3.63) is 47.8 Å². The zero-order valence-electron chi connectivity index (χ0n) is 7.90. The summed E-state index contributed by atoms with van der Waals surface area (Å²) >= 11 is 0. The van der Waals surface area contributed by atoms with Gasteiger partial charge in [-0.15, -0.1) is 0 Å². The molecule has 0 heterocycles. The van der Waals surface area contributed by atoms with Crippen LogP contribution in [0.1, 0.15) is 10.4 Å². The van der Waals surface area contributed by atoms with E-state index >= 15 is 0 Å². The minimum Gasteiger partial charge on any atom is -0.388 e. The first-order valence-corrected chi connectivity index (χ1v) is 4.55. The van der Waals surface area contributed by atoms with Crippen molar-refractivity contribution in [3.63, 3.8) is 0 Å². The van der Waals surface area contributed by atoms with Gasteiger partial charge in [0.1, 0.15) is 12.4 Å². The van der Waals surface area contributed by atoms with Crippen LogP contribution < -0.4 is 0 Å². The van der Waals surface area contributed by atoms with Gasteiger partial charge in [-0.25, -0.2) is 4.39 Å². The minimum absolute atomic E-state index is 0.356. The Morgan fingerprint density at radius 1 is 1.13 bits per heavy atom. The Morgan fingerprint density at radius 2 is 1.80 bits per heavy atom. The minimum atomic E-state index is -0.560. The van der Waals surface area contributed by atoms with Gasteiger partial charge in [0.05, 0.1) is 0 Å². The quantitative estimate of drug-likeness (QED) is 0.761. The molecule has 0 aliphatic rings. The molecule has 1 N–H and O–H groups in total. The van der Waals surface area contributed by atoms with Gasteiger partial charge >= 0.3 is 0 Å². The number of hydrogen-bond donors (Lipinski definition) is 1. The Bertz CT molecular complexity index is 520. The summed E-state index contributed by atoms with van der Waals surface area (Å²) in [6.45, 7) is -0.560. The molecule has 0 aliphatic carbocycles. The molecular weight excluding hydrogens is 195 g/mol. The smallest absolute Gasteiger partial charge is 0.188 e. The number of carbonyl (C=O) groups is 1. The highest BCUT2D eigenvalue weighted by Crippen LogP contribution is 2.21. The molecule has 15 heavy (non-hydrogen) atoms. The predicted octanol–water partition coefficient (Wildman–Crippen LogP) is 2.15. The summed E-state index contributed by atoms with van der Waals surface area (Å²) in [5, 5.41) is 9.71. The Balaban J connectivity index is 2.77. The third-order valence-corrected chi connectivity index (χ3v) is 2.31. The van der Waals surface area contributed by atoms with Gasteiger partial charge in [-0.2, -0.15) is 0 Å². The number of benzene rings is 2. The summed E-state index contributed by atoms with van der Waals surface area (Å²) in [5.41, 5.74) is 0.356. The molecule has 0 fully saturated rings. The van der Waals surface area contributed by atoms with E-state index in [9.17, 15) is 9.18 Å². The lowest BCUT2D eigenvalue weighted by molar-refractivity contribution is 0.0905. The maximum atomic E-state index is 13.4. The van der Waals surface area contributed by atoms with E-state index in [1.54, 1.807) is 24.3 Å². The van der Waals surface area contributed by atoms with Crippen molar-refractivity contribution in [2.45, 2.75) is 0 Å². The van der Waals surface area contributed by atoms with Gasteiger partial charge in [0, 0.05) is 10.9 Å². The molecule has 0 bridgehead atoms. The third kappa shape index (κ3) is 1.62. The maximum absolute atomic E-state index is 13.4. The first kappa shape index (κ1) is 9.80. The van der Waals surface area contributed by atoms with Crippen LogP contribution in [-0.2, 0) is 0 Å². The van der Waals surface area contributed by atoms with E-state index in [1.807, 2.05) is 0 Å². The highest BCUT2D eigenvalue weighted by Gasteiger charge is 2.10. The van der Waals surface area contributed by atoms with E-state index in [4.69, 9.17) is 5.11 Å². The van der Waals surface area contributed by atoms with Gasteiger partial charge in [0.2, 0.25) is 0 Å². The largest absolute Gasteiger partial charge is 0.388 e. The van der Waals surface area contributed by atoms with Crippen LogP contribution in [0.3, 0.4) is 0 Å². The van der Waals surface area contributed by atoms with Crippen molar-refractivity contribution < 1.29 is 14.3 Å². The van der Waals surface area contributed by atoms with Gasteiger partial charge in [0.25, 0.3) is 0 Å². The molecule has 0 saturated carbocycles. The average molecular weight is 204 g/mol. The number of fused-ring (bicyclic) bond motifs is 1. The second-order valence-corrected chi connectivity index (χ2v) is 3.22. The van der Waals surface area contributed by atoms with E-state index < -0.39 is 12.4 Å². The number of aliphatic hydroxyl groups excluding tert-OH is 1. The van der Waals surface area contributed by atoms with Crippen LogP contribution in [0.25, 0.3) is 10.8 Å². The normalized spacial score (nSPS) is 10.5. The molecule has 2 nitrogen and oxygen atoms in total. The van der Waals surface area contributed by atoms with Crippen LogP contribution in [-0.4, -0.2) is 17.5 Å². The van der Waals surface area contributed by atoms with Crippen LogP contribution in [0.2, 0.25) is 0 Å². The van der Waals surface area contributed by atoms with Crippen LogP contribution in [0, 0.1) is 5.82 Å². The molecule has 2 aromatic carbocycles. The number of aliphatic hydroxyl groups is 1. The topological polar surface area (TPSA) is 37.3 Å². The molecule has 0 atom stereocenters. The summed E-state index contributed by atoms with van der Waals surface area (Å²) in [7, 11) is 0. The van der Waals surface area contributed by atoms with Gasteiger partial charge in [-0.05, 0) is 17.5 Å². The number of rotatable bonds is 2. The monoisotopic (exact) mass is 204 g/mol. The Kier molecular flexibility index (Phi) is 2.47. The van der Waals surface area contributed by atoms with E-state index in [0.717, 1.165) is 0 Å². The highest BCUT2D eigenvalue weighted by molar-refractivity contribution is 6.08. The first-order chi connectivity index (χ1) is 7.24. The van der Waals surface area contributed by atoms with Crippen molar-refractivity contribution in [1.29, 1.82) is 0 Å². The van der Waals surface area contributed by atoms with Crippen molar-refractivity contribution in [2.75, 3.05) is 6.61 Å². The van der Waals surface area contributed by atoms with Crippen LogP contribution >= 0.6 is 0 Å². The maximum Gasteiger partial charge on any atom is 0.188 e. The summed E-state index contributed by atoms with van der Waals surface area (Å²) in [6, 6.07) is 9.36. The second-order valence-electron chi connectivity index (χ2n) is 3.22. The number of Topliss-reactive ketones (excluding diaryl/α,β-unsaturated/α-hetero) is 1. The predicted molar refractivity (Wildman–Crippen MR) is 55.3 cm³/mol. The number of carbonyl (C=O) groups excluding carboxylic acids is 1. The van der Waals surface area contributed by atoms with E-state index in [-0.39, 0.29) is 5.82 Å². The number of halogens is 1. The van der Waals surface area contributed by atoms with E-state index in [2.05, 4.69) is 0 Å². The SMILES string of the molecule is O=C(CO)c1ccc(F)c2ccccc12. The van der Waals surface area contributed by atoms with Crippen molar-refractivity contribution in [2.24, 2.45) is 0 Å². The molecular formula is C12H9FO2. The summed E-state index contributed by atoms with van der Waals surface area (Å²) in [5.74, 6) is -0.758. The summed E-state index contributed by atoms with van der Waals surface area (Å²) < 4.78 is 13.4. The molecule has 0 spiro atoms. The fraction of sp³-hybridized carbons (Fsp3) is 0.0833. The number of ketones is 1. The first-order valence-electron chi connectivity index (χ1n) is 4.55. The Labute approximate surface area is 86.0 Å². The lowest BCUT2D eigenvalue weighted by Crippen LogP contribution is -2.05.